The fourth-order valence-corrected chi connectivity index (χ4v) is 2.63. The average Bonchev–Trinajstić information content (AvgIpc) is 3.16. The third kappa shape index (κ3) is 2.69. The molecule has 4 nitrogen and oxygen atoms in total. The zero-order valence-corrected chi connectivity index (χ0v) is 10.5. The van der Waals surface area contributed by atoms with Gasteiger partial charge in [0.05, 0.1) is 0 Å². The third-order valence-corrected chi connectivity index (χ3v) is 3.82. The minimum Gasteiger partial charge on any atom is -0.309 e. The van der Waals surface area contributed by atoms with Crippen LogP contribution in [0.15, 0.2) is 18.3 Å². The maximum atomic E-state index is 8.80. The van der Waals surface area contributed by atoms with Gasteiger partial charge in [-0.3, -0.25) is 4.90 Å². The van der Waals surface area contributed by atoms with E-state index in [2.05, 4.69) is 21.3 Å². The van der Waals surface area contributed by atoms with Gasteiger partial charge in [0.15, 0.2) is 0 Å². The van der Waals surface area contributed by atoms with E-state index in [0.29, 0.717) is 11.7 Å². The first-order chi connectivity index (χ1) is 8.85. The molecule has 1 unspecified atom stereocenters. The number of nitrogens with zero attached hydrogens (tertiary/aromatic N) is 3. The molecular formula is C14H18N4. The molecule has 1 aliphatic carbocycles. The molecule has 1 atom stereocenters. The smallest absolute Gasteiger partial charge is 0.140 e. The molecule has 0 bridgehead atoms. The molecule has 0 aromatic carbocycles. The minimum atomic E-state index is 0.500. The number of nitrogens with one attached hydrogen (secondary N) is 1. The molecule has 2 fully saturated rings. The Balaban J connectivity index is 1.50. The quantitative estimate of drug-likeness (QED) is 0.864. The largest absolute Gasteiger partial charge is 0.309 e. The minimum absolute atomic E-state index is 0.500. The normalized spacial score (nSPS) is 24.1. The maximum Gasteiger partial charge on any atom is 0.140 e. The summed E-state index contributed by atoms with van der Waals surface area (Å²) < 4.78 is 0. The highest BCUT2D eigenvalue weighted by Crippen LogP contribution is 2.29. The van der Waals surface area contributed by atoms with Gasteiger partial charge in [0, 0.05) is 37.9 Å². The molecule has 94 valence electrons. The molecule has 1 aromatic heterocycles. The van der Waals surface area contributed by atoms with Gasteiger partial charge in [-0.15, -0.1) is 0 Å². The molecule has 2 aliphatic rings. The second-order valence-corrected chi connectivity index (χ2v) is 5.25. The van der Waals surface area contributed by atoms with Crippen LogP contribution in [0.25, 0.3) is 0 Å². The third-order valence-electron chi connectivity index (χ3n) is 3.82. The highest BCUT2D eigenvalue weighted by atomic mass is 15.2. The Morgan fingerprint density at radius 3 is 3.11 bits per heavy atom. The first-order valence-corrected chi connectivity index (χ1v) is 6.67. The zero-order chi connectivity index (χ0) is 12.4. The van der Waals surface area contributed by atoms with E-state index in [1.165, 1.54) is 32.4 Å². The number of hydrogen-bond donors (Lipinski definition) is 1. The van der Waals surface area contributed by atoms with E-state index in [1.807, 2.05) is 12.1 Å². The number of pyridine rings is 1. The maximum absolute atomic E-state index is 8.80. The molecule has 1 saturated carbocycles. The lowest BCUT2D eigenvalue weighted by atomic mass is 10.2. The van der Waals surface area contributed by atoms with Crippen LogP contribution in [-0.2, 0) is 6.54 Å². The van der Waals surface area contributed by atoms with Crippen LogP contribution >= 0.6 is 0 Å². The molecule has 2 heterocycles. The summed E-state index contributed by atoms with van der Waals surface area (Å²) in [6, 6.07) is 7.39. The van der Waals surface area contributed by atoms with Gasteiger partial charge in [0.1, 0.15) is 11.8 Å². The van der Waals surface area contributed by atoms with Crippen molar-refractivity contribution in [3.05, 3.63) is 29.6 Å². The summed E-state index contributed by atoms with van der Waals surface area (Å²) in [5, 5.41) is 12.4. The van der Waals surface area contributed by atoms with Gasteiger partial charge in [-0.05, 0) is 37.0 Å². The summed E-state index contributed by atoms with van der Waals surface area (Å²) >= 11 is 0. The Kier molecular flexibility index (Phi) is 3.26. The molecule has 1 aliphatic heterocycles. The predicted octanol–water partition coefficient (Wildman–Crippen LogP) is 1.28. The lowest BCUT2D eigenvalue weighted by Crippen LogP contribution is -2.32. The van der Waals surface area contributed by atoms with Crippen molar-refractivity contribution in [1.29, 1.82) is 5.26 Å². The van der Waals surface area contributed by atoms with Crippen LogP contribution in [-0.4, -0.2) is 35.1 Å². The molecule has 0 spiro atoms. The van der Waals surface area contributed by atoms with Crippen molar-refractivity contribution in [2.75, 3.05) is 13.1 Å². The van der Waals surface area contributed by atoms with Crippen LogP contribution in [0.4, 0.5) is 0 Å². The van der Waals surface area contributed by atoms with E-state index in [4.69, 9.17) is 5.26 Å². The number of likely N-dealkylation sites (tertiary alicyclic amines) is 1. The second-order valence-electron chi connectivity index (χ2n) is 5.25. The fourth-order valence-electron chi connectivity index (χ4n) is 2.63. The Morgan fingerprint density at radius 2 is 2.33 bits per heavy atom. The Hall–Kier alpha value is -1.44. The standard InChI is InChI=1S/C14H18N4/c15-8-13-7-11(3-5-16-13)9-17-12-4-6-18(10-12)14-1-2-14/h3,5,7,12,14,17H,1-2,4,6,9-10H2. The number of aromatic nitrogens is 1. The van der Waals surface area contributed by atoms with Crippen LogP contribution in [0.2, 0.25) is 0 Å². The van der Waals surface area contributed by atoms with Gasteiger partial charge in [0.2, 0.25) is 0 Å². The summed E-state index contributed by atoms with van der Waals surface area (Å²) in [5.74, 6) is 0. The molecule has 1 saturated heterocycles. The van der Waals surface area contributed by atoms with E-state index in [-0.39, 0.29) is 0 Å². The lowest BCUT2D eigenvalue weighted by molar-refractivity contribution is 0.317. The van der Waals surface area contributed by atoms with Gasteiger partial charge in [-0.2, -0.15) is 5.26 Å². The van der Waals surface area contributed by atoms with Crippen molar-refractivity contribution in [3.8, 4) is 6.07 Å². The summed E-state index contributed by atoms with van der Waals surface area (Å²) in [5.41, 5.74) is 1.65. The molecule has 0 amide bonds. The van der Waals surface area contributed by atoms with Crippen molar-refractivity contribution in [2.24, 2.45) is 0 Å². The van der Waals surface area contributed by atoms with Crippen molar-refractivity contribution in [3.63, 3.8) is 0 Å². The van der Waals surface area contributed by atoms with E-state index < -0.39 is 0 Å². The molecule has 18 heavy (non-hydrogen) atoms. The van der Waals surface area contributed by atoms with E-state index >= 15 is 0 Å². The van der Waals surface area contributed by atoms with Crippen LogP contribution in [0.5, 0.6) is 0 Å². The van der Waals surface area contributed by atoms with Gasteiger partial charge in [-0.1, -0.05) is 0 Å². The molecule has 0 radical (unpaired) electrons. The number of rotatable bonds is 4. The van der Waals surface area contributed by atoms with Crippen molar-refractivity contribution >= 4 is 0 Å². The summed E-state index contributed by atoms with van der Waals surface area (Å²) in [6.07, 6.45) is 5.73. The van der Waals surface area contributed by atoms with E-state index in [1.54, 1.807) is 6.20 Å². The monoisotopic (exact) mass is 242 g/mol. The number of hydrogen-bond acceptors (Lipinski definition) is 4. The lowest BCUT2D eigenvalue weighted by Gasteiger charge is -2.15. The highest BCUT2D eigenvalue weighted by molar-refractivity contribution is 5.25. The Labute approximate surface area is 108 Å². The van der Waals surface area contributed by atoms with Crippen LogP contribution < -0.4 is 5.32 Å². The number of nitriles is 1. The molecule has 1 aromatic rings. The molecule has 1 N–H and O–H groups in total. The molecule has 4 heteroatoms. The van der Waals surface area contributed by atoms with E-state index in [0.717, 1.165) is 18.2 Å². The van der Waals surface area contributed by atoms with E-state index in [9.17, 15) is 0 Å². The Morgan fingerprint density at radius 1 is 1.44 bits per heavy atom. The van der Waals surface area contributed by atoms with Crippen molar-refractivity contribution in [1.82, 2.24) is 15.2 Å². The van der Waals surface area contributed by atoms with Crippen LogP contribution in [0.1, 0.15) is 30.5 Å². The fraction of sp³-hybridized carbons (Fsp3) is 0.571. The first-order valence-electron chi connectivity index (χ1n) is 6.67. The van der Waals surface area contributed by atoms with Crippen molar-refractivity contribution in [2.45, 2.75) is 37.9 Å². The SMILES string of the molecule is N#Cc1cc(CNC2CCN(C3CC3)C2)ccn1. The molecule has 3 rings (SSSR count). The van der Waals surface area contributed by atoms with Gasteiger partial charge in [-0.25, -0.2) is 4.98 Å². The first kappa shape index (κ1) is 11.6. The summed E-state index contributed by atoms with van der Waals surface area (Å²) in [6.45, 7) is 3.25. The zero-order valence-electron chi connectivity index (χ0n) is 10.5. The van der Waals surface area contributed by atoms with Crippen molar-refractivity contribution < 1.29 is 0 Å². The van der Waals surface area contributed by atoms with Gasteiger partial charge < -0.3 is 5.32 Å². The van der Waals surface area contributed by atoms with Gasteiger partial charge >= 0.3 is 0 Å². The summed E-state index contributed by atoms with van der Waals surface area (Å²) in [4.78, 5) is 6.59. The Bertz CT molecular complexity index is 461. The molecular weight excluding hydrogens is 224 g/mol. The predicted molar refractivity (Wildman–Crippen MR) is 68.8 cm³/mol. The van der Waals surface area contributed by atoms with Gasteiger partial charge in [0.25, 0.3) is 0 Å². The topological polar surface area (TPSA) is 52.0 Å². The van der Waals surface area contributed by atoms with Crippen LogP contribution in [0, 0.1) is 11.3 Å². The average molecular weight is 242 g/mol. The highest BCUT2D eigenvalue weighted by Gasteiger charge is 2.33. The summed E-state index contributed by atoms with van der Waals surface area (Å²) in [7, 11) is 0. The van der Waals surface area contributed by atoms with Crippen LogP contribution in [0.3, 0.4) is 0 Å². The second kappa shape index (κ2) is 5.05.